The maximum absolute atomic E-state index is 12.3. The first-order valence-electron chi connectivity index (χ1n) is 10.9. The zero-order valence-corrected chi connectivity index (χ0v) is 19.3. The maximum Gasteiger partial charge on any atom is 0.260 e. The number of hydrogen-bond donors (Lipinski definition) is 2. The van der Waals surface area contributed by atoms with E-state index in [1.54, 1.807) is 19.2 Å². The van der Waals surface area contributed by atoms with Crippen LogP contribution in [0.25, 0.3) is 0 Å². The molecule has 174 valence electrons. The van der Waals surface area contributed by atoms with Crippen LogP contribution in [0.15, 0.2) is 47.4 Å². The van der Waals surface area contributed by atoms with Crippen molar-refractivity contribution in [1.82, 2.24) is 4.90 Å². The van der Waals surface area contributed by atoms with E-state index in [1.807, 2.05) is 23.1 Å². The average molecular weight is 463 g/mol. The molecule has 32 heavy (non-hydrogen) atoms. The van der Waals surface area contributed by atoms with E-state index >= 15 is 0 Å². The summed E-state index contributed by atoms with van der Waals surface area (Å²) in [5.41, 5.74) is 2.13. The Balaban J connectivity index is 1.46. The fraction of sp³-hybridized carbons (Fsp3) is 0.435. The van der Waals surface area contributed by atoms with Crippen LogP contribution in [0.1, 0.15) is 30.4 Å². The zero-order valence-electron chi connectivity index (χ0n) is 18.5. The number of carbonyl (C=O) groups is 1. The summed E-state index contributed by atoms with van der Waals surface area (Å²) in [6.07, 6.45) is 4.10. The molecule has 0 radical (unpaired) electrons. The quantitative estimate of drug-likeness (QED) is 0.512. The average Bonchev–Trinajstić information content (AvgIpc) is 2.81. The minimum absolute atomic E-state index is 0.0151. The second-order valence-corrected chi connectivity index (χ2v) is 9.50. The van der Waals surface area contributed by atoms with Gasteiger partial charge < -0.3 is 19.7 Å². The standard InChI is InChI=1S/C23H31N3O5S/c1-30-22-15-19(7-10-21(22)31-17-23(27)26-13-3-2-4-14-26)16-25-12-11-18-5-8-20(9-6-18)32(24,28)29/h5-10,15,25H,2-4,11-14,16-17H2,1H3,(H2,24,28,29)/p+1. The lowest BCUT2D eigenvalue weighted by Crippen LogP contribution is -2.83. The molecule has 1 heterocycles. The van der Waals surface area contributed by atoms with E-state index in [-0.39, 0.29) is 17.4 Å². The lowest BCUT2D eigenvalue weighted by molar-refractivity contribution is -0.670. The number of rotatable bonds is 10. The van der Waals surface area contributed by atoms with Gasteiger partial charge in [0.25, 0.3) is 5.91 Å². The number of sulfonamides is 1. The molecule has 0 bridgehead atoms. The van der Waals surface area contributed by atoms with Crippen LogP contribution in [0.2, 0.25) is 0 Å². The molecule has 3 rings (SSSR count). The number of primary sulfonamides is 1. The number of piperidine rings is 1. The molecule has 1 saturated heterocycles. The minimum atomic E-state index is -3.66. The van der Waals surface area contributed by atoms with Crippen molar-refractivity contribution < 1.29 is 28.0 Å². The van der Waals surface area contributed by atoms with Crippen LogP contribution in [0, 0.1) is 0 Å². The van der Waals surface area contributed by atoms with Crippen LogP contribution >= 0.6 is 0 Å². The molecule has 4 N–H and O–H groups in total. The molecular weight excluding hydrogens is 430 g/mol. The number of likely N-dealkylation sites (tertiary alicyclic amines) is 1. The highest BCUT2D eigenvalue weighted by atomic mass is 32.2. The molecule has 1 fully saturated rings. The van der Waals surface area contributed by atoms with E-state index in [9.17, 15) is 13.2 Å². The van der Waals surface area contributed by atoms with Gasteiger partial charge in [0, 0.05) is 25.1 Å². The highest BCUT2D eigenvalue weighted by molar-refractivity contribution is 7.89. The van der Waals surface area contributed by atoms with E-state index < -0.39 is 10.0 Å². The molecule has 0 atom stereocenters. The highest BCUT2D eigenvalue weighted by Gasteiger charge is 2.17. The number of amides is 1. The van der Waals surface area contributed by atoms with Gasteiger partial charge in [-0.1, -0.05) is 12.1 Å². The normalized spacial score (nSPS) is 14.2. The third-order valence-corrected chi connectivity index (χ3v) is 6.49. The van der Waals surface area contributed by atoms with E-state index in [0.717, 1.165) is 56.6 Å². The third-order valence-electron chi connectivity index (χ3n) is 5.56. The van der Waals surface area contributed by atoms with Crippen molar-refractivity contribution in [2.45, 2.75) is 37.1 Å². The number of nitrogens with zero attached hydrogens (tertiary/aromatic N) is 1. The number of nitrogens with two attached hydrogens (primary N) is 2. The molecule has 0 saturated carbocycles. The van der Waals surface area contributed by atoms with Crippen molar-refractivity contribution in [3.8, 4) is 11.5 Å². The Morgan fingerprint density at radius 1 is 1.03 bits per heavy atom. The van der Waals surface area contributed by atoms with Gasteiger partial charge in [0.05, 0.1) is 18.6 Å². The molecule has 1 amide bonds. The summed E-state index contributed by atoms with van der Waals surface area (Å²) in [6, 6.07) is 12.4. The van der Waals surface area contributed by atoms with Gasteiger partial charge in [0.1, 0.15) is 6.54 Å². The van der Waals surface area contributed by atoms with E-state index in [4.69, 9.17) is 14.6 Å². The number of ether oxygens (including phenoxy) is 2. The predicted molar refractivity (Wildman–Crippen MR) is 121 cm³/mol. The van der Waals surface area contributed by atoms with E-state index in [1.165, 1.54) is 18.6 Å². The lowest BCUT2D eigenvalue weighted by atomic mass is 10.1. The number of carbonyl (C=O) groups excluding carboxylic acids is 1. The molecular formula is C23H32N3O5S+. The van der Waals surface area contributed by atoms with Gasteiger partial charge in [-0.2, -0.15) is 0 Å². The molecule has 1 aliphatic heterocycles. The fourth-order valence-corrected chi connectivity index (χ4v) is 4.23. The molecule has 2 aromatic rings. The van der Waals surface area contributed by atoms with Gasteiger partial charge in [-0.3, -0.25) is 4.79 Å². The van der Waals surface area contributed by atoms with Crippen molar-refractivity contribution in [3.05, 3.63) is 53.6 Å². The number of hydrogen-bond acceptors (Lipinski definition) is 5. The van der Waals surface area contributed by atoms with Crippen molar-refractivity contribution in [1.29, 1.82) is 0 Å². The monoisotopic (exact) mass is 462 g/mol. The Kier molecular flexibility index (Phi) is 8.49. The summed E-state index contributed by atoms with van der Waals surface area (Å²) >= 11 is 0. The molecule has 0 aromatic heterocycles. The summed E-state index contributed by atoms with van der Waals surface area (Å²) in [6.45, 7) is 3.25. The highest BCUT2D eigenvalue weighted by Crippen LogP contribution is 2.28. The summed E-state index contributed by atoms with van der Waals surface area (Å²) < 4.78 is 33.8. The first-order valence-corrected chi connectivity index (χ1v) is 12.4. The molecule has 8 nitrogen and oxygen atoms in total. The second kappa shape index (κ2) is 11.3. The Labute approximate surface area is 189 Å². The summed E-state index contributed by atoms with van der Waals surface area (Å²) in [5.74, 6) is 1.19. The summed E-state index contributed by atoms with van der Waals surface area (Å²) in [7, 11) is -2.07. The zero-order chi connectivity index (χ0) is 23.0. The maximum atomic E-state index is 12.3. The molecule has 1 aliphatic rings. The van der Waals surface area contributed by atoms with Crippen LogP contribution in [-0.4, -0.2) is 52.6 Å². The van der Waals surface area contributed by atoms with Gasteiger partial charge in [-0.15, -0.1) is 0 Å². The number of quaternary nitrogens is 1. The molecule has 2 aromatic carbocycles. The van der Waals surface area contributed by atoms with E-state index in [2.05, 4.69) is 5.32 Å². The molecule has 9 heteroatoms. The minimum Gasteiger partial charge on any atom is -0.493 e. The Hall–Kier alpha value is -2.62. The summed E-state index contributed by atoms with van der Waals surface area (Å²) in [4.78, 5) is 14.3. The fourth-order valence-electron chi connectivity index (χ4n) is 3.72. The number of methoxy groups -OCH3 is 1. The lowest BCUT2D eigenvalue weighted by Gasteiger charge is -2.26. The van der Waals surface area contributed by atoms with Crippen LogP contribution in [-0.2, 0) is 27.8 Å². The van der Waals surface area contributed by atoms with Gasteiger partial charge >= 0.3 is 0 Å². The van der Waals surface area contributed by atoms with Crippen LogP contribution in [0.3, 0.4) is 0 Å². The first-order chi connectivity index (χ1) is 15.4. The Morgan fingerprint density at radius 2 is 1.72 bits per heavy atom. The van der Waals surface area contributed by atoms with E-state index in [0.29, 0.717) is 11.5 Å². The third kappa shape index (κ3) is 6.94. The van der Waals surface area contributed by atoms with Crippen molar-refractivity contribution in [2.75, 3.05) is 33.4 Å². The van der Waals surface area contributed by atoms with Crippen molar-refractivity contribution in [2.24, 2.45) is 5.14 Å². The van der Waals surface area contributed by atoms with Gasteiger partial charge in [-0.05, 0) is 55.2 Å². The van der Waals surface area contributed by atoms with Crippen LogP contribution in [0.4, 0.5) is 0 Å². The predicted octanol–water partition coefficient (Wildman–Crippen LogP) is 1.04. The van der Waals surface area contributed by atoms with Crippen molar-refractivity contribution >= 4 is 15.9 Å². The van der Waals surface area contributed by atoms with Gasteiger partial charge in [-0.25, -0.2) is 13.6 Å². The Morgan fingerprint density at radius 3 is 2.38 bits per heavy atom. The van der Waals surface area contributed by atoms with Gasteiger partial charge in [0.2, 0.25) is 10.0 Å². The first kappa shape index (κ1) is 24.0. The number of benzene rings is 2. The van der Waals surface area contributed by atoms with Crippen LogP contribution in [0.5, 0.6) is 11.5 Å². The second-order valence-electron chi connectivity index (χ2n) is 7.94. The smallest absolute Gasteiger partial charge is 0.260 e. The van der Waals surface area contributed by atoms with Gasteiger partial charge in [0.15, 0.2) is 18.1 Å². The Bertz CT molecular complexity index is 1000. The summed E-state index contributed by atoms with van der Waals surface area (Å²) in [5, 5.41) is 7.29. The SMILES string of the molecule is COc1cc(C[NH2+]CCc2ccc(S(N)(=O)=O)cc2)ccc1OCC(=O)N1CCCCC1. The topological polar surface area (TPSA) is 116 Å². The molecule has 0 spiro atoms. The molecule has 0 unspecified atom stereocenters. The van der Waals surface area contributed by atoms with Crippen molar-refractivity contribution in [3.63, 3.8) is 0 Å². The largest absolute Gasteiger partial charge is 0.493 e. The van der Waals surface area contributed by atoms with Crippen LogP contribution < -0.4 is 19.9 Å². The molecule has 0 aliphatic carbocycles.